The number of nitrogens with zero attached hydrogens (tertiary/aromatic N) is 3. The minimum atomic E-state index is -3.98. The maximum Gasteiger partial charge on any atom is 0.276 e. The van der Waals surface area contributed by atoms with Crippen molar-refractivity contribution in [3.05, 3.63) is 65.0 Å². The average molecular weight is 520 g/mol. The number of nitrogens with one attached hydrogen (secondary N) is 2. The van der Waals surface area contributed by atoms with E-state index in [-0.39, 0.29) is 40.7 Å². The lowest BCUT2D eigenvalue weighted by Gasteiger charge is -2.23. The molecule has 184 valence electrons. The highest BCUT2D eigenvalue weighted by Gasteiger charge is 2.41. The second-order valence-electron chi connectivity index (χ2n) is 8.74. The van der Waals surface area contributed by atoms with Gasteiger partial charge in [0.05, 0.1) is 6.61 Å². The van der Waals surface area contributed by atoms with Crippen LogP contribution in [0.3, 0.4) is 0 Å². The van der Waals surface area contributed by atoms with Crippen LogP contribution in [0.25, 0.3) is 0 Å². The molecule has 0 saturated carbocycles. The number of rotatable bonds is 3. The molecule has 0 spiro atoms. The first kappa shape index (κ1) is 23.6. The van der Waals surface area contributed by atoms with Crippen LogP contribution in [-0.2, 0) is 17.1 Å². The van der Waals surface area contributed by atoms with Crippen LogP contribution in [0.5, 0.6) is 5.75 Å². The van der Waals surface area contributed by atoms with Crippen molar-refractivity contribution >= 4 is 38.9 Å². The largest absolute Gasteiger partial charge is 0.489 e. The van der Waals surface area contributed by atoms with Crippen LogP contribution >= 0.6 is 11.6 Å². The van der Waals surface area contributed by atoms with Gasteiger partial charge in [0.25, 0.3) is 5.91 Å². The summed E-state index contributed by atoms with van der Waals surface area (Å²) >= 11 is 6.02. The number of aryl methyl sites for hydroxylation is 2. The number of hydrogen-bond donors (Lipinski definition) is 2. The number of halogens is 2. The van der Waals surface area contributed by atoms with Crippen molar-refractivity contribution in [1.82, 2.24) is 14.3 Å². The van der Waals surface area contributed by atoms with Crippen LogP contribution in [0.1, 0.15) is 16.1 Å². The van der Waals surface area contributed by atoms with E-state index in [0.29, 0.717) is 29.5 Å². The van der Waals surface area contributed by atoms with E-state index in [2.05, 4.69) is 15.0 Å². The van der Waals surface area contributed by atoms with E-state index in [9.17, 15) is 17.6 Å². The predicted octanol–water partition coefficient (Wildman–Crippen LogP) is 2.95. The van der Waals surface area contributed by atoms with Gasteiger partial charge < -0.3 is 19.5 Å². The van der Waals surface area contributed by atoms with Gasteiger partial charge in [-0.05, 0) is 42.8 Å². The number of pyridine rings is 1. The van der Waals surface area contributed by atoms with E-state index >= 15 is 0 Å². The van der Waals surface area contributed by atoms with Crippen LogP contribution < -0.4 is 19.7 Å². The molecule has 5 rings (SSSR count). The van der Waals surface area contributed by atoms with Gasteiger partial charge in [0.1, 0.15) is 15.9 Å². The summed E-state index contributed by atoms with van der Waals surface area (Å²) in [4.78, 5) is 19.0. The summed E-state index contributed by atoms with van der Waals surface area (Å²) in [5.41, 5.74) is 1.66. The Bertz CT molecular complexity index is 1430. The minimum absolute atomic E-state index is 0.0137. The van der Waals surface area contributed by atoms with Crippen LogP contribution in [0.4, 0.5) is 15.8 Å². The van der Waals surface area contributed by atoms with E-state index in [1.807, 2.05) is 11.0 Å². The molecule has 2 atom stereocenters. The number of benzene rings is 1. The molecule has 0 unspecified atom stereocenters. The molecule has 2 aliphatic heterocycles. The summed E-state index contributed by atoms with van der Waals surface area (Å²) in [5.74, 6) is -1.13. The summed E-state index contributed by atoms with van der Waals surface area (Å²) in [6, 6.07) is 7.35. The fourth-order valence-corrected chi connectivity index (χ4v) is 6.17. The third-order valence-corrected chi connectivity index (χ3v) is 7.98. The van der Waals surface area contributed by atoms with Crippen LogP contribution in [-0.4, -0.2) is 49.6 Å². The third kappa shape index (κ3) is 4.46. The van der Waals surface area contributed by atoms with Crippen LogP contribution in [0.15, 0.2) is 47.6 Å². The number of fused-ring (bicyclic) bond motifs is 2. The number of hydrogen-bond acceptors (Lipinski definition) is 6. The highest BCUT2D eigenvalue weighted by molar-refractivity contribution is 7.89. The Labute approximate surface area is 206 Å². The summed E-state index contributed by atoms with van der Waals surface area (Å²) in [7, 11) is -2.41. The summed E-state index contributed by atoms with van der Waals surface area (Å²) in [6.07, 6.45) is 2.96. The Morgan fingerprint density at radius 3 is 2.83 bits per heavy atom. The molecular weight excluding hydrogens is 497 g/mol. The molecule has 0 radical (unpaired) electrons. The lowest BCUT2D eigenvalue weighted by atomic mass is 10.1. The summed E-state index contributed by atoms with van der Waals surface area (Å²) in [6.45, 7) is 2.76. The van der Waals surface area contributed by atoms with Crippen molar-refractivity contribution in [2.24, 2.45) is 13.0 Å². The van der Waals surface area contributed by atoms with Crippen molar-refractivity contribution < 1.29 is 22.3 Å². The van der Waals surface area contributed by atoms with Gasteiger partial charge in [0.15, 0.2) is 11.4 Å². The third-order valence-electron chi connectivity index (χ3n) is 6.29. The van der Waals surface area contributed by atoms with E-state index in [1.54, 1.807) is 26.2 Å². The number of ether oxygens (including phenoxy) is 1. The second kappa shape index (κ2) is 8.81. The van der Waals surface area contributed by atoms with Crippen molar-refractivity contribution in [3.63, 3.8) is 0 Å². The second-order valence-corrected chi connectivity index (χ2v) is 10.8. The monoisotopic (exact) mass is 519 g/mol. The van der Waals surface area contributed by atoms with Gasteiger partial charge >= 0.3 is 0 Å². The van der Waals surface area contributed by atoms with Crippen LogP contribution in [0, 0.1) is 18.7 Å². The zero-order valence-corrected chi connectivity index (χ0v) is 20.5. The number of carbonyl (C=O) groups is 1. The Morgan fingerprint density at radius 1 is 1.29 bits per heavy atom. The van der Waals surface area contributed by atoms with Gasteiger partial charge in [-0.15, -0.1) is 0 Å². The molecule has 1 saturated heterocycles. The Balaban J connectivity index is 1.43. The lowest BCUT2D eigenvalue weighted by Crippen LogP contribution is -2.43. The first-order valence-corrected chi connectivity index (χ1v) is 12.8. The minimum Gasteiger partial charge on any atom is -0.489 e. The highest BCUT2D eigenvalue weighted by atomic mass is 35.5. The van der Waals surface area contributed by atoms with Crippen molar-refractivity contribution in [2.75, 3.05) is 29.9 Å². The fourth-order valence-electron chi connectivity index (χ4n) is 4.51. The number of aromatic nitrogens is 2. The normalized spacial score (nSPS) is 20.9. The summed E-state index contributed by atoms with van der Waals surface area (Å²) in [5, 5.41) is 3.05. The molecule has 2 aromatic heterocycles. The van der Waals surface area contributed by atoms with Gasteiger partial charge in [-0.1, -0.05) is 11.6 Å². The fraction of sp³-hybridized carbons (Fsp3) is 0.304. The van der Waals surface area contributed by atoms with Crippen molar-refractivity contribution in [2.45, 2.75) is 17.9 Å². The SMILES string of the molecule is Cc1cc(NC(=O)c2c3c(cn2C)S(=O)(=O)N[C@H]2CN(c4ccnc(Cl)c4)C[C@H]2CO3)ccc1F. The van der Waals surface area contributed by atoms with Gasteiger partial charge in [0, 0.05) is 55.9 Å². The molecule has 4 heterocycles. The molecule has 3 aromatic rings. The molecule has 0 aliphatic carbocycles. The van der Waals surface area contributed by atoms with Crippen molar-refractivity contribution in [1.29, 1.82) is 0 Å². The molecule has 12 heteroatoms. The molecule has 35 heavy (non-hydrogen) atoms. The van der Waals surface area contributed by atoms with Gasteiger partial charge in [-0.2, -0.15) is 0 Å². The van der Waals surface area contributed by atoms with Gasteiger partial charge in [-0.25, -0.2) is 22.5 Å². The standard InChI is InChI=1S/C23H23ClFN5O4S/c1-13-7-15(3-4-17(13)25)27-23(31)21-22-19(11-29(21)2)35(32,33)28-18-10-30(9-14(18)12-34-22)16-5-6-26-20(24)8-16/h3-8,11,14,18,28H,9-10,12H2,1-2H3,(H,27,31)/t14-,18-/m0/s1. The van der Waals surface area contributed by atoms with Crippen molar-refractivity contribution in [3.8, 4) is 5.75 Å². The first-order valence-electron chi connectivity index (χ1n) is 10.9. The smallest absolute Gasteiger partial charge is 0.276 e. The molecular formula is C23H23ClFN5O4S. The topological polar surface area (TPSA) is 106 Å². The molecule has 2 aliphatic rings. The molecule has 2 N–H and O–H groups in total. The van der Waals surface area contributed by atoms with E-state index < -0.39 is 15.9 Å². The predicted molar refractivity (Wildman–Crippen MR) is 129 cm³/mol. The summed E-state index contributed by atoms with van der Waals surface area (Å²) < 4.78 is 50.4. The average Bonchev–Trinajstić information content (AvgIpc) is 3.34. The molecule has 1 fully saturated rings. The lowest BCUT2D eigenvalue weighted by molar-refractivity contribution is 0.101. The van der Waals surface area contributed by atoms with E-state index in [4.69, 9.17) is 16.3 Å². The highest BCUT2D eigenvalue weighted by Crippen LogP contribution is 2.35. The zero-order valence-electron chi connectivity index (χ0n) is 19.0. The Morgan fingerprint density at radius 2 is 2.09 bits per heavy atom. The molecule has 1 aromatic carbocycles. The van der Waals surface area contributed by atoms with Gasteiger partial charge in [-0.3, -0.25) is 4.79 Å². The van der Waals surface area contributed by atoms with E-state index in [1.165, 1.54) is 29.0 Å². The maximum atomic E-state index is 13.6. The number of sulfonamides is 1. The molecule has 0 bridgehead atoms. The number of carbonyl (C=O) groups excluding carboxylic acids is 1. The quantitative estimate of drug-likeness (QED) is 0.515. The Hall–Kier alpha value is -3.15. The van der Waals surface area contributed by atoms with E-state index in [0.717, 1.165) is 5.69 Å². The molecule has 9 nitrogen and oxygen atoms in total. The first-order chi connectivity index (χ1) is 16.6. The number of amides is 1. The Kier molecular flexibility index (Phi) is 5.94. The number of anilines is 2. The molecule has 1 amide bonds. The van der Waals surface area contributed by atoms with Crippen LogP contribution in [0.2, 0.25) is 5.15 Å². The maximum absolute atomic E-state index is 13.6. The zero-order chi connectivity index (χ0) is 24.9. The van der Waals surface area contributed by atoms with Gasteiger partial charge in [0.2, 0.25) is 10.0 Å².